The van der Waals surface area contributed by atoms with Crippen molar-refractivity contribution in [2.45, 2.75) is 44.9 Å². The molecule has 49 heavy (non-hydrogen) atoms. The molecule has 2 N–H and O–H groups in total. The number of carbonyl (C=O) groups excluding carboxylic acids is 4. The van der Waals surface area contributed by atoms with Gasteiger partial charge < -0.3 is 19.7 Å². The number of ketones is 2. The monoisotopic (exact) mass is 698 g/mol. The summed E-state index contributed by atoms with van der Waals surface area (Å²) in [4.78, 5) is 62.8. The van der Waals surface area contributed by atoms with E-state index in [-0.39, 0.29) is 24.7 Å². The number of phenols is 2. The number of nitrogens with zero attached hydrogens (tertiary/aromatic N) is 2. The van der Waals surface area contributed by atoms with Gasteiger partial charge in [0.1, 0.15) is 23.3 Å². The molecule has 4 aromatic rings. The first-order chi connectivity index (χ1) is 23.7. The van der Waals surface area contributed by atoms with Gasteiger partial charge in [0.2, 0.25) is 0 Å². The summed E-state index contributed by atoms with van der Waals surface area (Å²) in [7, 11) is 0. The highest BCUT2D eigenvalue weighted by Crippen LogP contribution is 2.46. The lowest BCUT2D eigenvalue weighted by molar-refractivity contribution is -0.153. The summed E-state index contributed by atoms with van der Waals surface area (Å²) >= 11 is 2.78. The number of aromatic hydroxyl groups is 2. The zero-order chi connectivity index (χ0) is 34.7. The second-order valence-electron chi connectivity index (χ2n) is 11.9. The van der Waals surface area contributed by atoms with E-state index in [9.17, 15) is 29.4 Å². The molecule has 0 spiro atoms. The van der Waals surface area contributed by atoms with E-state index in [1.54, 1.807) is 73.7 Å². The third-order valence-corrected chi connectivity index (χ3v) is 10.6. The van der Waals surface area contributed by atoms with Crippen LogP contribution < -0.4 is 0 Å². The highest BCUT2D eigenvalue weighted by atomic mass is 32.1. The van der Waals surface area contributed by atoms with Crippen LogP contribution in [0.15, 0.2) is 72.0 Å². The number of hydrogen-bond acceptors (Lipinski definition) is 12. The fourth-order valence-corrected chi connectivity index (χ4v) is 8.00. The van der Waals surface area contributed by atoms with E-state index in [1.807, 2.05) is 0 Å². The van der Waals surface area contributed by atoms with Crippen molar-refractivity contribution in [2.75, 3.05) is 13.2 Å². The molecule has 4 atom stereocenters. The molecule has 252 valence electrons. The van der Waals surface area contributed by atoms with Gasteiger partial charge >= 0.3 is 11.9 Å². The van der Waals surface area contributed by atoms with Crippen molar-refractivity contribution in [1.29, 1.82) is 0 Å². The topological polar surface area (TPSA) is 153 Å². The molecule has 0 radical (unpaired) electrons. The largest absolute Gasteiger partial charge is 0.508 e. The second-order valence-corrected chi connectivity index (χ2v) is 13.7. The van der Waals surface area contributed by atoms with Gasteiger partial charge in [-0.3, -0.25) is 29.1 Å². The Bertz CT molecular complexity index is 1810. The molecule has 0 amide bonds. The summed E-state index contributed by atoms with van der Waals surface area (Å²) in [6.07, 6.45) is 7.28. The second kappa shape index (κ2) is 14.7. The van der Waals surface area contributed by atoms with Gasteiger partial charge in [-0.05, 0) is 90.8 Å². The Morgan fingerprint density at radius 1 is 0.735 bits per heavy atom. The highest BCUT2D eigenvalue weighted by molar-refractivity contribution is 7.11. The number of aromatic nitrogens is 2. The van der Waals surface area contributed by atoms with Crippen LogP contribution in [0.2, 0.25) is 0 Å². The van der Waals surface area contributed by atoms with Crippen LogP contribution in [0.4, 0.5) is 0 Å². The number of esters is 2. The van der Waals surface area contributed by atoms with E-state index in [2.05, 4.69) is 9.97 Å². The lowest BCUT2D eigenvalue weighted by Crippen LogP contribution is -2.34. The van der Waals surface area contributed by atoms with Crippen LogP contribution in [-0.4, -0.2) is 56.9 Å². The van der Waals surface area contributed by atoms with Crippen LogP contribution in [0, 0.1) is 11.8 Å². The van der Waals surface area contributed by atoms with Gasteiger partial charge in [-0.15, -0.1) is 22.7 Å². The molecular formula is C37H34N2O8S2. The summed E-state index contributed by atoms with van der Waals surface area (Å²) in [6.45, 7) is 3.58. The van der Waals surface area contributed by atoms with E-state index in [0.717, 1.165) is 32.0 Å². The SMILES string of the molecule is CCOC(=O)C1C(=O)C=C(c2cncs2)CC1c1cc(Cc2ccc(O)c(C3CC(c4cncs4)=CC(=O)C3C(=O)OCC)c2)ccc1O. The van der Waals surface area contributed by atoms with Crippen LogP contribution in [0.25, 0.3) is 11.1 Å². The molecule has 0 saturated carbocycles. The molecule has 0 aliphatic heterocycles. The number of phenolic OH excluding ortho intramolecular Hbond substituents is 2. The van der Waals surface area contributed by atoms with Crippen LogP contribution in [-0.2, 0) is 35.1 Å². The van der Waals surface area contributed by atoms with Gasteiger partial charge in [0.15, 0.2) is 11.6 Å². The Kier molecular flexibility index (Phi) is 10.2. The first kappa shape index (κ1) is 33.9. The summed E-state index contributed by atoms with van der Waals surface area (Å²) in [5, 5.41) is 22.2. The third kappa shape index (κ3) is 7.11. The lowest BCUT2D eigenvalue weighted by Gasteiger charge is -2.30. The maximum Gasteiger partial charge on any atom is 0.317 e. The number of carbonyl (C=O) groups is 4. The number of benzene rings is 2. The third-order valence-electron chi connectivity index (χ3n) is 8.90. The van der Waals surface area contributed by atoms with Crippen molar-refractivity contribution in [3.8, 4) is 11.5 Å². The number of rotatable bonds is 10. The number of thiazole rings is 2. The van der Waals surface area contributed by atoms with Crippen molar-refractivity contribution < 1.29 is 38.9 Å². The molecule has 2 aliphatic carbocycles. The Hall–Kier alpha value is -4.94. The van der Waals surface area contributed by atoms with Gasteiger partial charge in [0.25, 0.3) is 0 Å². The van der Waals surface area contributed by atoms with Crippen molar-refractivity contribution >= 4 is 57.3 Å². The fourth-order valence-electron chi connectivity index (χ4n) is 6.70. The maximum atomic E-state index is 13.4. The van der Waals surface area contributed by atoms with Crippen LogP contribution in [0.1, 0.15) is 70.5 Å². The Labute approximate surface area is 290 Å². The van der Waals surface area contributed by atoms with Crippen molar-refractivity contribution in [1.82, 2.24) is 9.97 Å². The molecule has 0 bridgehead atoms. The number of ether oxygens (including phenoxy) is 2. The highest BCUT2D eigenvalue weighted by Gasteiger charge is 2.42. The first-order valence-electron chi connectivity index (χ1n) is 15.9. The summed E-state index contributed by atoms with van der Waals surface area (Å²) in [6, 6.07) is 10.2. The van der Waals surface area contributed by atoms with Gasteiger partial charge in [0.05, 0.1) is 34.0 Å². The summed E-state index contributed by atoms with van der Waals surface area (Å²) in [5.74, 6) is -5.78. The molecule has 2 heterocycles. The minimum Gasteiger partial charge on any atom is -0.508 e. The van der Waals surface area contributed by atoms with E-state index in [0.29, 0.717) is 30.4 Å². The van der Waals surface area contributed by atoms with Crippen LogP contribution in [0.3, 0.4) is 0 Å². The average molecular weight is 699 g/mol. The van der Waals surface area contributed by atoms with E-state index in [1.165, 1.54) is 34.8 Å². The van der Waals surface area contributed by atoms with Gasteiger partial charge in [-0.25, -0.2) is 0 Å². The van der Waals surface area contributed by atoms with Gasteiger partial charge in [0, 0.05) is 24.2 Å². The molecule has 0 saturated heterocycles. The Morgan fingerprint density at radius 2 is 1.16 bits per heavy atom. The molecular weight excluding hydrogens is 665 g/mol. The van der Waals surface area contributed by atoms with Gasteiger partial charge in [-0.2, -0.15) is 0 Å². The molecule has 10 nitrogen and oxygen atoms in total. The Balaban J connectivity index is 1.34. The van der Waals surface area contributed by atoms with Crippen molar-refractivity contribution in [3.63, 3.8) is 0 Å². The smallest absolute Gasteiger partial charge is 0.317 e. The lowest BCUT2D eigenvalue weighted by atomic mass is 9.73. The zero-order valence-electron chi connectivity index (χ0n) is 26.8. The average Bonchev–Trinajstić information content (AvgIpc) is 3.82. The zero-order valence-corrected chi connectivity index (χ0v) is 28.5. The number of allylic oxidation sites excluding steroid dienone is 4. The molecule has 0 fully saturated rings. The normalized spacial score (nSPS) is 20.8. The summed E-state index contributed by atoms with van der Waals surface area (Å²) in [5.41, 5.74) is 7.25. The van der Waals surface area contributed by atoms with Crippen molar-refractivity contribution in [2.24, 2.45) is 11.8 Å². The molecule has 2 aromatic heterocycles. The molecule has 12 heteroatoms. The van der Waals surface area contributed by atoms with E-state index in [4.69, 9.17) is 9.47 Å². The van der Waals surface area contributed by atoms with Crippen LogP contribution >= 0.6 is 22.7 Å². The summed E-state index contributed by atoms with van der Waals surface area (Å²) < 4.78 is 10.6. The standard InChI is InChI=1S/C37H34N2O8S2/c1-3-46-36(44)34-26(12-22(14-30(34)42)32-16-38-18-48-32)24-10-20(5-7-28(24)40)9-21-6-8-29(41)25(11-21)27-13-23(33-17-39-19-49-33)15-31(43)35(27)37(45)47-4-2/h5-8,10-11,14-19,26-27,34-35,40-41H,3-4,9,12-13H2,1-2H3. The molecule has 6 rings (SSSR count). The van der Waals surface area contributed by atoms with E-state index >= 15 is 0 Å². The predicted molar refractivity (Wildman–Crippen MR) is 184 cm³/mol. The molecule has 2 aliphatic rings. The van der Waals surface area contributed by atoms with Gasteiger partial charge in [-0.1, -0.05) is 24.3 Å². The number of hydrogen-bond donors (Lipinski definition) is 2. The molecule has 2 aromatic carbocycles. The fraction of sp³-hybridized carbons (Fsp3) is 0.297. The minimum atomic E-state index is -1.12. The van der Waals surface area contributed by atoms with Crippen LogP contribution in [0.5, 0.6) is 11.5 Å². The Morgan fingerprint density at radius 3 is 1.53 bits per heavy atom. The van der Waals surface area contributed by atoms with Crippen molar-refractivity contribution in [3.05, 3.63) is 104 Å². The minimum absolute atomic E-state index is 0.0480. The predicted octanol–water partition coefficient (Wildman–Crippen LogP) is 6.24. The van der Waals surface area contributed by atoms with E-state index < -0.39 is 47.2 Å². The first-order valence-corrected chi connectivity index (χ1v) is 17.7. The maximum absolute atomic E-state index is 13.4. The molecule has 4 unspecified atom stereocenters. The quantitative estimate of drug-likeness (QED) is 0.144.